The van der Waals surface area contributed by atoms with Gasteiger partial charge in [-0.3, -0.25) is 14.5 Å². The molecule has 7 nitrogen and oxygen atoms in total. The van der Waals surface area contributed by atoms with Crippen LogP contribution in [0.15, 0.2) is 82.7 Å². The molecule has 0 radical (unpaired) electrons. The van der Waals surface area contributed by atoms with Crippen LogP contribution in [0.4, 0.5) is 11.4 Å². The molecule has 1 heterocycles. The summed E-state index contributed by atoms with van der Waals surface area (Å²) in [5.41, 5.74) is 2.07. The van der Waals surface area contributed by atoms with Crippen molar-refractivity contribution >= 4 is 57.8 Å². The third kappa shape index (κ3) is 6.72. The number of nitrogens with one attached hydrogen (secondary N) is 1. The average molecular weight is 536 g/mol. The fraction of sp³-hybridized carbons (Fsp3) is 0.179. The van der Waals surface area contributed by atoms with Crippen molar-refractivity contribution in [3.63, 3.8) is 0 Å². The Labute approximate surface area is 225 Å². The molecule has 1 aliphatic heterocycles. The zero-order valence-corrected chi connectivity index (χ0v) is 22.0. The molecule has 0 bridgehead atoms. The summed E-state index contributed by atoms with van der Waals surface area (Å²) in [7, 11) is 1.52. The van der Waals surface area contributed by atoms with Crippen molar-refractivity contribution in [2.75, 3.05) is 25.6 Å². The van der Waals surface area contributed by atoms with E-state index in [0.717, 1.165) is 17.7 Å². The van der Waals surface area contributed by atoms with Gasteiger partial charge in [-0.05, 0) is 66.2 Å². The third-order valence-corrected chi connectivity index (χ3v) is 6.64. The summed E-state index contributed by atoms with van der Waals surface area (Å²) in [6.45, 7) is 2.39. The number of carbonyl (C=O) groups excluding carboxylic acids is 2. The van der Waals surface area contributed by atoms with E-state index in [2.05, 4.69) is 10.3 Å². The summed E-state index contributed by atoms with van der Waals surface area (Å²) in [5.74, 6) is 0.412. The van der Waals surface area contributed by atoms with Gasteiger partial charge in [0.2, 0.25) is 0 Å². The second kappa shape index (κ2) is 12.5. The molecule has 190 valence electrons. The van der Waals surface area contributed by atoms with E-state index in [1.165, 1.54) is 18.9 Å². The van der Waals surface area contributed by atoms with Gasteiger partial charge >= 0.3 is 0 Å². The minimum Gasteiger partial charge on any atom is -0.493 e. The van der Waals surface area contributed by atoms with Crippen molar-refractivity contribution in [3.05, 3.63) is 88.3 Å². The number of amidine groups is 1. The van der Waals surface area contributed by atoms with Crippen molar-refractivity contribution in [1.29, 1.82) is 0 Å². The number of para-hydroxylation sites is 2. The molecule has 1 fully saturated rings. The highest BCUT2D eigenvalue weighted by molar-refractivity contribution is 8.18. The number of benzene rings is 3. The molecule has 2 amide bonds. The molecule has 0 aromatic heterocycles. The van der Waals surface area contributed by atoms with E-state index in [9.17, 15) is 9.59 Å². The molecule has 0 spiro atoms. The minimum absolute atomic E-state index is 0.0860. The number of rotatable bonds is 9. The van der Waals surface area contributed by atoms with Crippen molar-refractivity contribution in [2.45, 2.75) is 13.3 Å². The predicted octanol–water partition coefficient (Wildman–Crippen LogP) is 6.38. The van der Waals surface area contributed by atoms with E-state index in [-0.39, 0.29) is 18.4 Å². The highest BCUT2D eigenvalue weighted by atomic mass is 35.5. The van der Waals surface area contributed by atoms with Gasteiger partial charge in [0.1, 0.15) is 0 Å². The molecule has 1 saturated heterocycles. The van der Waals surface area contributed by atoms with E-state index < -0.39 is 0 Å². The molecule has 3 aromatic rings. The normalized spacial score (nSPS) is 15.3. The first-order valence-corrected chi connectivity index (χ1v) is 12.9. The van der Waals surface area contributed by atoms with E-state index >= 15 is 0 Å². The van der Waals surface area contributed by atoms with Gasteiger partial charge in [-0.2, -0.15) is 0 Å². The molecule has 0 unspecified atom stereocenters. The smallest absolute Gasteiger partial charge is 0.266 e. The standard InChI is InChI=1S/C28H26ClN3O4S/c1-3-15-32-27(34)25(37-28(32)30-20-9-5-4-6-10-20)17-19-13-14-23(24(16-19)35-2)36-18-26(33)31-22-12-8-7-11-21(22)29/h4-14,16-17H,3,15,18H2,1-2H3,(H,31,33)/b25-17+,30-28?. The number of anilines is 1. The second-order valence-corrected chi connectivity index (χ2v) is 9.44. The van der Waals surface area contributed by atoms with Gasteiger partial charge < -0.3 is 14.8 Å². The Morgan fingerprint density at radius 3 is 2.57 bits per heavy atom. The van der Waals surface area contributed by atoms with Crippen molar-refractivity contribution in [1.82, 2.24) is 4.90 Å². The van der Waals surface area contributed by atoms with Crippen LogP contribution < -0.4 is 14.8 Å². The van der Waals surface area contributed by atoms with Crippen molar-refractivity contribution < 1.29 is 19.1 Å². The number of thioether (sulfide) groups is 1. The van der Waals surface area contributed by atoms with Gasteiger partial charge in [0.05, 0.1) is 28.4 Å². The molecule has 3 aromatic carbocycles. The Balaban J connectivity index is 1.48. The van der Waals surface area contributed by atoms with Crippen LogP contribution in [0.2, 0.25) is 5.02 Å². The van der Waals surface area contributed by atoms with Gasteiger partial charge in [-0.25, -0.2) is 4.99 Å². The van der Waals surface area contributed by atoms with Gasteiger partial charge in [0.15, 0.2) is 23.3 Å². The number of carbonyl (C=O) groups is 2. The Morgan fingerprint density at radius 1 is 1.08 bits per heavy atom. The van der Waals surface area contributed by atoms with E-state index in [1.807, 2.05) is 37.3 Å². The highest BCUT2D eigenvalue weighted by Gasteiger charge is 2.32. The number of hydrogen-bond donors (Lipinski definition) is 1. The number of halogens is 1. The molecule has 0 saturated carbocycles. The molecule has 0 aliphatic carbocycles. The van der Waals surface area contributed by atoms with Crippen LogP contribution in [-0.4, -0.2) is 42.1 Å². The minimum atomic E-state index is -0.351. The topological polar surface area (TPSA) is 80.2 Å². The van der Waals surface area contributed by atoms with Crippen LogP contribution in [0.3, 0.4) is 0 Å². The van der Waals surface area contributed by atoms with Crippen molar-refractivity contribution in [3.8, 4) is 11.5 Å². The monoisotopic (exact) mass is 535 g/mol. The number of amides is 2. The van der Waals surface area contributed by atoms with Gasteiger partial charge in [-0.1, -0.05) is 54.9 Å². The van der Waals surface area contributed by atoms with E-state index in [0.29, 0.717) is 38.8 Å². The first-order valence-electron chi connectivity index (χ1n) is 11.7. The molecule has 37 heavy (non-hydrogen) atoms. The molecule has 1 aliphatic rings. The van der Waals surface area contributed by atoms with Crippen LogP contribution in [0, 0.1) is 0 Å². The lowest BCUT2D eigenvalue weighted by molar-refractivity contribution is -0.122. The summed E-state index contributed by atoms with van der Waals surface area (Å²) in [4.78, 5) is 32.4. The van der Waals surface area contributed by atoms with Crippen LogP contribution in [0.25, 0.3) is 6.08 Å². The summed E-state index contributed by atoms with van der Waals surface area (Å²) in [6.07, 6.45) is 2.62. The molecular weight excluding hydrogens is 510 g/mol. The SMILES string of the molecule is CCCN1C(=O)/C(=C\c2ccc(OCC(=O)Nc3ccccc3Cl)c(OC)c2)SC1=Nc1ccccc1. The lowest BCUT2D eigenvalue weighted by Gasteiger charge is -2.14. The number of hydrogen-bond acceptors (Lipinski definition) is 6. The molecule has 1 N–H and O–H groups in total. The maximum atomic E-state index is 13.1. The van der Waals surface area contributed by atoms with Crippen LogP contribution in [0.5, 0.6) is 11.5 Å². The summed E-state index contributed by atoms with van der Waals surface area (Å²) < 4.78 is 11.2. The molecular formula is C28H26ClN3O4S. The second-order valence-electron chi connectivity index (χ2n) is 8.02. The Hall–Kier alpha value is -3.75. The van der Waals surface area contributed by atoms with Gasteiger partial charge in [0.25, 0.3) is 11.8 Å². The summed E-state index contributed by atoms with van der Waals surface area (Å²) >= 11 is 7.43. The predicted molar refractivity (Wildman–Crippen MR) is 150 cm³/mol. The van der Waals surface area contributed by atoms with E-state index in [1.54, 1.807) is 53.4 Å². The lowest BCUT2D eigenvalue weighted by atomic mass is 10.2. The van der Waals surface area contributed by atoms with E-state index in [4.69, 9.17) is 21.1 Å². The van der Waals surface area contributed by atoms with Crippen LogP contribution in [-0.2, 0) is 9.59 Å². The van der Waals surface area contributed by atoms with Gasteiger partial charge in [-0.15, -0.1) is 0 Å². The Morgan fingerprint density at radius 2 is 1.84 bits per heavy atom. The maximum Gasteiger partial charge on any atom is 0.266 e. The largest absolute Gasteiger partial charge is 0.493 e. The first kappa shape index (κ1) is 26.3. The number of aliphatic imine (C=N–C) groups is 1. The fourth-order valence-electron chi connectivity index (χ4n) is 3.56. The zero-order valence-electron chi connectivity index (χ0n) is 20.4. The fourth-order valence-corrected chi connectivity index (χ4v) is 4.77. The van der Waals surface area contributed by atoms with Crippen LogP contribution in [0.1, 0.15) is 18.9 Å². The average Bonchev–Trinajstić information content (AvgIpc) is 3.18. The number of ether oxygens (including phenoxy) is 2. The Kier molecular flexibility index (Phi) is 8.87. The maximum absolute atomic E-state index is 13.1. The Bertz CT molecular complexity index is 1340. The first-order chi connectivity index (χ1) is 18.0. The van der Waals surface area contributed by atoms with Gasteiger partial charge in [0, 0.05) is 6.54 Å². The zero-order chi connectivity index (χ0) is 26.2. The number of methoxy groups -OCH3 is 1. The molecule has 9 heteroatoms. The quantitative estimate of drug-likeness (QED) is 0.321. The third-order valence-electron chi connectivity index (χ3n) is 5.31. The summed E-state index contributed by atoms with van der Waals surface area (Å²) in [5, 5.41) is 3.81. The lowest BCUT2D eigenvalue weighted by Crippen LogP contribution is -2.29. The number of nitrogens with zero attached hydrogens (tertiary/aromatic N) is 2. The van der Waals surface area contributed by atoms with Crippen LogP contribution >= 0.6 is 23.4 Å². The highest BCUT2D eigenvalue weighted by Crippen LogP contribution is 2.36. The molecule has 4 rings (SSSR count). The summed E-state index contributed by atoms with van der Waals surface area (Å²) in [6, 6.07) is 21.8. The molecule has 0 atom stereocenters. The van der Waals surface area contributed by atoms with Crippen molar-refractivity contribution in [2.24, 2.45) is 4.99 Å².